The van der Waals surface area contributed by atoms with E-state index in [1.54, 1.807) is 12.1 Å². The maximum absolute atomic E-state index is 12.4. The van der Waals surface area contributed by atoms with E-state index < -0.39 is 0 Å². The highest BCUT2D eigenvalue weighted by Gasteiger charge is 2.17. The minimum atomic E-state index is -0.148. The van der Waals surface area contributed by atoms with Gasteiger partial charge in [-0.05, 0) is 43.4 Å². The van der Waals surface area contributed by atoms with E-state index in [0.717, 1.165) is 17.0 Å². The topological polar surface area (TPSA) is 61.4 Å². The van der Waals surface area contributed by atoms with Gasteiger partial charge in [-0.2, -0.15) is 0 Å². The van der Waals surface area contributed by atoms with Gasteiger partial charge < -0.3 is 15.5 Å². The molecule has 0 aliphatic carbocycles. The maximum Gasteiger partial charge on any atom is 0.251 e. The first-order valence-electron chi connectivity index (χ1n) is 8.09. The molecule has 0 fully saturated rings. The van der Waals surface area contributed by atoms with Crippen LogP contribution in [0.1, 0.15) is 21.5 Å². The summed E-state index contributed by atoms with van der Waals surface area (Å²) in [6.45, 7) is 1.37. The Hall–Kier alpha value is -2.31. The molecule has 2 amide bonds. The van der Waals surface area contributed by atoms with Crippen LogP contribution in [0.2, 0.25) is 0 Å². The predicted molar refractivity (Wildman–Crippen MR) is 101 cm³/mol. The van der Waals surface area contributed by atoms with E-state index in [9.17, 15) is 9.59 Å². The van der Waals surface area contributed by atoms with Crippen LogP contribution in [0.15, 0.2) is 47.4 Å². The van der Waals surface area contributed by atoms with Gasteiger partial charge in [0.05, 0.1) is 11.4 Å². The summed E-state index contributed by atoms with van der Waals surface area (Å²) in [6.07, 6.45) is 0. The predicted octanol–water partition coefficient (Wildman–Crippen LogP) is 2.72. The molecule has 1 aliphatic rings. The zero-order valence-electron chi connectivity index (χ0n) is 14.3. The second-order valence-corrected chi connectivity index (χ2v) is 7.30. The Balaban J connectivity index is 1.61. The number of carbonyl (C=O) groups excluding carboxylic acids is 2. The van der Waals surface area contributed by atoms with E-state index in [1.807, 2.05) is 32.3 Å². The molecule has 0 atom stereocenters. The van der Waals surface area contributed by atoms with Gasteiger partial charge in [-0.1, -0.05) is 24.3 Å². The van der Waals surface area contributed by atoms with Crippen molar-refractivity contribution in [2.45, 2.75) is 18.0 Å². The minimum absolute atomic E-state index is 0.0344. The van der Waals surface area contributed by atoms with E-state index in [4.69, 9.17) is 0 Å². The van der Waals surface area contributed by atoms with Gasteiger partial charge in [-0.25, -0.2) is 0 Å². The monoisotopic (exact) mass is 355 g/mol. The molecule has 2 aromatic carbocycles. The Morgan fingerprint density at radius 3 is 2.60 bits per heavy atom. The Labute approximate surface area is 151 Å². The number of nitrogens with zero attached hydrogens (tertiary/aromatic N) is 1. The lowest BCUT2D eigenvalue weighted by Gasteiger charge is -2.17. The zero-order chi connectivity index (χ0) is 17.8. The Bertz CT molecular complexity index is 788. The number of anilines is 1. The molecule has 5 nitrogen and oxygen atoms in total. The summed E-state index contributed by atoms with van der Waals surface area (Å²) in [5.74, 6) is 0.236. The molecule has 1 aliphatic heterocycles. The standard InChI is InChI=1S/C19H21N3O2S/c1-22(2)11-14-5-3-13(4-6-14)10-20-19(24)15-7-8-17-16(9-15)21-18(23)12-25-17/h3-9H,10-12H2,1-2H3,(H,20,24)(H,21,23). The molecule has 0 radical (unpaired) electrons. The molecule has 130 valence electrons. The van der Waals surface area contributed by atoms with Crippen molar-refractivity contribution < 1.29 is 9.59 Å². The summed E-state index contributed by atoms with van der Waals surface area (Å²) in [6, 6.07) is 13.6. The van der Waals surface area contributed by atoms with Crippen LogP contribution in [0.25, 0.3) is 0 Å². The quantitative estimate of drug-likeness (QED) is 0.866. The Morgan fingerprint density at radius 2 is 1.88 bits per heavy atom. The number of amides is 2. The van der Waals surface area contributed by atoms with Crippen LogP contribution in [0.4, 0.5) is 5.69 Å². The third-order valence-corrected chi connectivity index (χ3v) is 4.92. The van der Waals surface area contributed by atoms with Crippen molar-refractivity contribution in [3.8, 4) is 0 Å². The van der Waals surface area contributed by atoms with Crippen LogP contribution >= 0.6 is 11.8 Å². The van der Waals surface area contributed by atoms with Gasteiger partial charge >= 0.3 is 0 Å². The minimum Gasteiger partial charge on any atom is -0.348 e. The number of benzene rings is 2. The third-order valence-electron chi connectivity index (χ3n) is 3.85. The van der Waals surface area contributed by atoms with Crippen LogP contribution in [0.3, 0.4) is 0 Å². The van der Waals surface area contributed by atoms with Gasteiger partial charge in [0.25, 0.3) is 5.91 Å². The summed E-state index contributed by atoms with van der Waals surface area (Å²) in [5, 5.41) is 5.73. The van der Waals surface area contributed by atoms with E-state index in [0.29, 0.717) is 23.5 Å². The van der Waals surface area contributed by atoms with Gasteiger partial charge in [0.2, 0.25) is 5.91 Å². The lowest BCUT2D eigenvalue weighted by Crippen LogP contribution is -2.24. The molecule has 0 aromatic heterocycles. The van der Waals surface area contributed by atoms with E-state index >= 15 is 0 Å². The molecule has 0 saturated carbocycles. The van der Waals surface area contributed by atoms with Crippen molar-refractivity contribution in [2.24, 2.45) is 0 Å². The van der Waals surface area contributed by atoms with Crippen LogP contribution in [-0.2, 0) is 17.9 Å². The normalized spacial score (nSPS) is 13.3. The SMILES string of the molecule is CN(C)Cc1ccc(CNC(=O)c2ccc3c(c2)NC(=O)CS3)cc1. The number of thioether (sulfide) groups is 1. The first-order chi connectivity index (χ1) is 12.0. The molecule has 0 spiro atoms. The van der Waals surface area contributed by atoms with Crippen LogP contribution in [0, 0.1) is 0 Å². The van der Waals surface area contributed by atoms with E-state index in [2.05, 4.69) is 27.7 Å². The molecule has 2 aromatic rings. The zero-order valence-corrected chi connectivity index (χ0v) is 15.2. The molecular weight excluding hydrogens is 334 g/mol. The van der Waals surface area contributed by atoms with Crippen LogP contribution < -0.4 is 10.6 Å². The number of hydrogen-bond donors (Lipinski definition) is 2. The molecule has 3 rings (SSSR count). The summed E-state index contributed by atoms with van der Waals surface area (Å²) in [4.78, 5) is 26.9. The lowest BCUT2D eigenvalue weighted by molar-refractivity contribution is -0.113. The molecule has 0 saturated heterocycles. The highest BCUT2D eigenvalue weighted by atomic mass is 32.2. The number of nitrogens with one attached hydrogen (secondary N) is 2. The van der Waals surface area contributed by atoms with Crippen molar-refractivity contribution in [3.63, 3.8) is 0 Å². The van der Waals surface area contributed by atoms with Gasteiger partial charge in [-0.3, -0.25) is 9.59 Å². The lowest BCUT2D eigenvalue weighted by atomic mass is 10.1. The van der Waals surface area contributed by atoms with Crippen LogP contribution in [-0.4, -0.2) is 36.6 Å². The summed E-state index contributed by atoms with van der Waals surface area (Å²) >= 11 is 1.49. The number of rotatable bonds is 5. The molecule has 1 heterocycles. The van der Waals surface area contributed by atoms with Crippen molar-refractivity contribution in [3.05, 3.63) is 59.2 Å². The van der Waals surface area contributed by atoms with Gasteiger partial charge in [0.1, 0.15) is 0 Å². The Morgan fingerprint density at radius 1 is 1.16 bits per heavy atom. The molecule has 2 N–H and O–H groups in total. The maximum atomic E-state index is 12.4. The summed E-state index contributed by atoms with van der Waals surface area (Å²) in [5.41, 5.74) is 3.55. The first-order valence-corrected chi connectivity index (χ1v) is 9.07. The Kier molecular flexibility index (Phi) is 5.40. The van der Waals surface area contributed by atoms with Gasteiger partial charge in [0, 0.05) is 23.5 Å². The summed E-state index contributed by atoms with van der Waals surface area (Å²) < 4.78 is 0. The molecular formula is C19H21N3O2S. The molecule has 6 heteroatoms. The van der Waals surface area contributed by atoms with E-state index in [1.165, 1.54) is 17.3 Å². The van der Waals surface area contributed by atoms with E-state index in [-0.39, 0.29) is 11.8 Å². The molecule has 0 unspecified atom stereocenters. The van der Waals surface area contributed by atoms with Crippen molar-refractivity contribution in [1.82, 2.24) is 10.2 Å². The molecule has 25 heavy (non-hydrogen) atoms. The highest BCUT2D eigenvalue weighted by molar-refractivity contribution is 8.00. The van der Waals surface area contributed by atoms with Gasteiger partial charge in [0.15, 0.2) is 0 Å². The van der Waals surface area contributed by atoms with Gasteiger partial charge in [-0.15, -0.1) is 11.8 Å². The fourth-order valence-electron chi connectivity index (χ4n) is 2.64. The number of fused-ring (bicyclic) bond motifs is 1. The average molecular weight is 355 g/mol. The smallest absolute Gasteiger partial charge is 0.251 e. The molecule has 0 bridgehead atoms. The fourth-order valence-corrected chi connectivity index (χ4v) is 3.42. The van der Waals surface area contributed by atoms with Crippen molar-refractivity contribution in [2.75, 3.05) is 25.2 Å². The summed E-state index contributed by atoms with van der Waals surface area (Å²) in [7, 11) is 4.07. The highest BCUT2D eigenvalue weighted by Crippen LogP contribution is 2.31. The number of carbonyl (C=O) groups is 2. The fraction of sp³-hybridized carbons (Fsp3) is 0.263. The second kappa shape index (κ2) is 7.72. The first kappa shape index (κ1) is 17.5. The number of hydrogen-bond acceptors (Lipinski definition) is 4. The third kappa shape index (κ3) is 4.61. The van der Waals surface area contributed by atoms with Crippen LogP contribution in [0.5, 0.6) is 0 Å². The van der Waals surface area contributed by atoms with Crippen molar-refractivity contribution in [1.29, 1.82) is 0 Å². The second-order valence-electron chi connectivity index (χ2n) is 6.28. The average Bonchev–Trinajstić information content (AvgIpc) is 2.59. The largest absolute Gasteiger partial charge is 0.348 e. The van der Waals surface area contributed by atoms with Crippen molar-refractivity contribution >= 4 is 29.3 Å².